The third kappa shape index (κ3) is 3.70. The Labute approximate surface area is 161 Å². The van der Waals surface area contributed by atoms with E-state index in [1.807, 2.05) is 37.3 Å². The van der Waals surface area contributed by atoms with Gasteiger partial charge in [0, 0.05) is 41.5 Å². The quantitative estimate of drug-likeness (QED) is 0.560. The average molecular weight is 371 g/mol. The lowest BCUT2D eigenvalue weighted by Crippen LogP contribution is -1.97. The van der Waals surface area contributed by atoms with E-state index in [1.54, 1.807) is 30.9 Å². The molecule has 138 valence electrons. The molecule has 0 unspecified atom stereocenters. The summed E-state index contributed by atoms with van der Waals surface area (Å²) in [5.74, 6) is 1.18. The van der Waals surface area contributed by atoms with Crippen molar-refractivity contribution in [2.75, 3.05) is 11.5 Å². The number of anilines is 2. The van der Waals surface area contributed by atoms with Crippen molar-refractivity contribution in [2.24, 2.45) is 0 Å². The number of pyridine rings is 1. The number of hydrogen-bond donors (Lipinski definition) is 2. The number of nitrogens with two attached hydrogens (primary N) is 2. The first-order chi connectivity index (χ1) is 13.6. The predicted octanol–water partition coefficient (Wildman–Crippen LogP) is 3.26. The molecule has 28 heavy (non-hydrogen) atoms. The van der Waals surface area contributed by atoms with Gasteiger partial charge in [-0.1, -0.05) is 17.7 Å². The molecular weight excluding hydrogens is 354 g/mol. The summed E-state index contributed by atoms with van der Waals surface area (Å²) >= 11 is 0. The topological polar surface area (TPSA) is 126 Å². The maximum absolute atomic E-state index is 5.86. The van der Waals surface area contributed by atoms with E-state index in [-0.39, 0.29) is 12.0 Å². The first-order valence-corrected chi connectivity index (χ1v) is 8.50. The Morgan fingerprint density at radius 3 is 2.32 bits per heavy atom. The smallest absolute Gasteiger partial charge is 0.323 e. The van der Waals surface area contributed by atoms with Crippen LogP contribution in [0.2, 0.25) is 0 Å². The Hall–Kier alpha value is -4.07. The van der Waals surface area contributed by atoms with Gasteiger partial charge in [-0.2, -0.15) is 4.98 Å². The molecule has 0 aliphatic heterocycles. The Kier molecular flexibility index (Phi) is 4.51. The molecule has 0 radical (unpaired) electrons. The van der Waals surface area contributed by atoms with E-state index in [0.717, 1.165) is 27.9 Å². The molecule has 0 atom stereocenters. The fourth-order valence-electron chi connectivity index (χ4n) is 2.65. The van der Waals surface area contributed by atoms with Crippen molar-refractivity contribution < 1.29 is 4.74 Å². The monoisotopic (exact) mass is 371 g/mol. The van der Waals surface area contributed by atoms with Gasteiger partial charge < -0.3 is 16.2 Å². The van der Waals surface area contributed by atoms with Gasteiger partial charge in [-0.25, -0.2) is 15.0 Å². The summed E-state index contributed by atoms with van der Waals surface area (Å²) in [6.45, 7) is 2.01. The Bertz CT molecular complexity index is 1110. The SMILES string of the molecule is Cc1ccc(Oc2nccc(N)n2)c(-c2ccc(-c3cnc(N)nc3)nc2)c1. The molecule has 0 saturated carbocycles. The zero-order valence-electron chi connectivity index (χ0n) is 15.1. The summed E-state index contributed by atoms with van der Waals surface area (Å²) in [4.78, 5) is 20.7. The molecule has 0 spiro atoms. The highest BCUT2D eigenvalue weighted by Gasteiger charge is 2.11. The molecule has 0 aliphatic rings. The number of nitrogen functional groups attached to an aromatic ring is 2. The summed E-state index contributed by atoms with van der Waals surface area (Å²) in [5, 5.41) is 0. The van der Waals surface area contributed by atoms with E-state index in [2.05, 4.69) is 24.9 Å². The molecule has 4 aromatic rings. The van der Waals surface area contributed by atoms with Gasteiger partial charge in [0.1, 0.15) is 11.6 Å². The van der Waals surface area contributed by atoms with Crippen LogP contribution in [0.1, 0.15) is 5.56 Å². The molecule has 0 bridgehead atoms. The lowest BCUT2D eigenvalue weighted by molar-refractivity contribution is 0.444. The number of nitrogens with zero attached hydrogens (tertiary/aromatic N) is 5. The lowest BCUT2D eigenvalue weighted by Gasteiger charge is -2.11. The van der Waals surface area contributed by atoms with Gasteiger partial charge in [-0.15, -0.1) is 0 Å². The minimum absolute atomic E-state index is 0.189. The third-order valence-electron chi connectivity index (χ3n) is 4.03. The van der Waals surface area contributed by atoms with Crippen molar-refractivity contribution in [1.29, 1.82) is 0 Å². The van der Waals surface area contributed by atoms with Crippen LogP contribution >= 0.6 is 0 Å². The molecule has 0 aliphatic carbocycles. The summed E-state index contributed by atoms with van der Waals surface area (Å²) in [5.41, 5.74) is 15.6. The van der Waals surface area contributed by atoms with Crippen LogP contribution in [-0.4, -0.2) is 24.9 Å². The highest BCUT2D eigenvalue weighted by Crippen LogP contribution is 2.33. The van der Waals surface area contributed by atoms with Crippen molar-refractivity contribution in [2.45, 2.75) is 6.92 Å². The number of ether oxygens (including phenoxy) is 1. The van der Waals surface area contributed by atoms with Crippen molar-refractivity contribution in [1.82, 2.24) is 24.9 Å². The van der Waals surface area contributed by atoms with Crippen LogP contribution < -0.4 is 16.2 Å². The van der Waals surface area contributed by atoms with E-state index >= 15 is 0 Å². The van der Waals surface area contributed by atoms with Crippen LogP contribution in [0.3, 0.4) is 0 Å². The number of hydrogen-bond acceptors (Lipinski definition) is 8. The maximum Gasteiger partial charge on any atom is 0.323 e. The number of aryl methyl sites for hydroxylation is 1. The lowest BCUT2D eigenvalue weighted by atomic mass is 10.0. The van der Waals surface area contributed by atoms with E-state index in [9.17, 15) is 0 Å². The Morgan fingerprint density at radius 2 is 1.61 bits per heavy atom. The molecule has 4 rings (SSSR count). The maximum atomic E-state index is 5.86. The molecule has 4 N–H and O–H groups in total. The standard InChI is InChI=1S/C20H17N7O/c1-12-2-5-17(28-20-23-7-6-18(21)27-20)15(8-12)13-3-4-16(24-9-13)14-10-25-19(22)26-11-14/h2-11H,1H3,(H2,21,23,27)(H2,22,25,26). The first-order valence-electron chi connectivity index (χ1n) is 8.50. The van der Waals surface area contributed by atoms with Crippen molar-refractivity contribution in [3.05, 3.63) is 66.7 Å². The summed E-state index contributed by atoms with van der Waals surface area (Å²) in [6, 6.07) is 11.5. The van der Waals surface area contributed by atoms with Gasteiger partial charge in [0.25, 0.3) is 0 Å². The fraction of sp³-hybridized carbons (Fsp3) is 0.0500. The zero-order valence-corrected chi connectivity index (χ0v) is 15.1. The minimum Gasteiger partial charge on any atom is -0.424 e. The van der Waals surface area contributed by atoms with Gasteiger partial charge in [-0.05, 0) is 31.2 Å². The fourth-order valence-corrected chi connectivity index (χ4v) is 2.65. The van der Waals surface area contributed by atoms with Gasteiger partial charge in [0.2, 0.25) is 5.95 Å². The largest absolute Gasteiger partial charge is 0.424 e. The highest BCUT2D eigenvalue weighted by atomic mass is 16.5. The third-order valence-corrected chi connectivity index (χ3v) is 4.03. The number of rotatable bonds is 4. The molecule has 8 heteroatoms. The summed E-state index contributed by atoms with van der Waals surface area (Å²) in [6.07, 6.45) is 6.61. The van der Waals surface area contributed by atoms with Crippen LogP contribution in [-0.2, 0) is 0 Å². The summed E-state index contributed by atoms with van der Waals surface area (Å²) < 4.78 is 5.86. The Balaban J connectivity index is 1.68. The molecular formula is C20H17N7O. The van der Waals surface area contributed by atoms with E-state index < -0.39 is 0 Å². The number of aromatic nitrogens is 5. The van der Waals surface area contributed by atoms with Crippen LogP contribution in [0.25, 0.3) is 22.4 Å². The number of benzene rings is 1. The average Bonchev–Trinajstić information content (AvgIpc) is 2.70. The second-order valence-corrected chi connectivity index (χ2v) is 6.13. The predicted molar refractivity (Wildman–Crippen MR) is 106 cm³/mol. The van der Waals surface area contributed by atoms with E-state index in [0.29, 0.717) is 11.6 Å². The molecule has 0 fully saturated rings. The van der Waals surface area contributed by atoms with Gasteiger partial charge in [-0.3, -0.25) is 4.98 Å². The van der Waals surface area contributed by atoms with Crippen molar-refractivity contribution in [3.63, 3.8) is 0 Å². The second-order valence-electron chi connectivity index (χ2n) is 6.13. The zero-order chi connectivity index (χ0) is 19.5. The van der Waals surface area contributed by atoms with Crippen LogP contribution in [0.15, 0.2) is 61.2 Å². The van der Waals surface area contributed by atoms with E-state index in [4.69, 9.17) is 16.2 Å². The Morgan fingerprint density at radius 1 is 0.821 bits per heavy atom. The normalized spacial score (nSPS) is 10.6. The van der Waals surface area contributed by atoms with Gasteiger partial charge in [0.05, 0.1) is 5.69 Å². The van der Waals surface area contributed by atoms with Crippen molar-refractivity contribution >= 4 is 11.8 Å². The second kappa shape index (κ2) is 7.28. The van der Waals surface area contributed by atoms with Crippen molar-refractivity contribution in [3.8, 4) is 34.1 Å². The van der Waals surface area contributed by atoms with Crippen LogP contribution in [0.4, 0.5) is 11.8 Å². The van der Waals surface area contributed by atoms with Gasteiger partial charge >= 0.3 is 6.01 Å². The first kappa shape index (κ1) is 17.3. The van der Waals surface area contributed by atoms with E-state index in [1.165, 1.54) is 0 Å². The van der Waals surface area contributed by atoms with Crippen LogP contribution in [0.5, 0.6) is 11.8 Å². The molecule has 0 saturated heterocycles. The molecule has 0 amide bonds. The highest BCUT2D eigenvalue weighted by molar-refractivity contribution is 5.72. The van der Waals surface area contributed by atoms with Gasteiger partial charge in [0.15, 0.2) is 0 Å². The summed E-state index contributed by atoms with van der Waals surface area (Å²) in [7, 11) is 0. The molecule has 1 aromatic carbocycles. The molecule has 3 heterocycles. The molecule has 3 aromatic heterocycles. The van der Waals surface area contributed by atoms with Crippen LogP contribution in [0, 0.1) is 6.92 Å². The molecule has 8 nitrogen and oxygen atoms in total. The minimum atomic E-state index is 0.189.